The van der Waals surface area contributed by atoms with Crippen molar-refractivity contribution in [2.45, 2.75) is 13.0 Å². The standard InChI is InChI=1S/C13H17F2NO3S/c14-13(15)19-11-4-1-3-10(9-11)12(18)16-5-8-20-7-2-6-17/h1,3-4,9,13,17H,2,5-8H2,(H,16,18). The average molecular weight is 305 g/mol. The first-order valence-electron chi connectivity index (χ1n) is 6.15. The molecular formula is C13H17F2NO3S. The molecule has 0 heterocycles. The van der Waals surface area contributed by atoms with E-state index in [0.29, 0.717) is 6.54 Å². The Morgan fingerprint density at radius 1 is 1.40 bits per heavy atom. The molecule has 1 aromatic rings. The molecule has 0 spiro atoms. The molecule has 20 heavy (non-hydrogen) atoms. The van der Waals surface area contributed by atoms with Crippen molar-refractivity contribution in [1.82, 2.24) is 5.32 Å². The van der Waals surface area contributed by atoms with Gasteiger partial charge in [0.1, 0.15) is 5.75 Å². The maximum absolute atomic E-state index is 12.1. The Labute approximate surface area is 120 Å². The molecule has 0 bridgehead atoms. The summed E-state index contributed by atoms with van der Waals surface area (Å²) in [6, 6.07) is 5.67. The van der Waals surface area contributed by atoms with Gasteiger partial charge in [-0.2, -0.15) is 20.5 Å². The van der Waals surface area contributed by atoms with Crippen molar-refractivity contribution in [3.8, 4) is 5.75 Å². The molecule has 0 fully saturated rings. The number of carbonyl (C=O) groups is 1. The molecule has 0 aromatic heterocycles. The minimum absolute atomic E-state index is 0.0371. The molecule has 0 aliphatic rings. The van der Waals surface area contributed by atoms with E-state index in [9.17, 15) is 13.6 Å². The van der Waals surface area contributed by atoms with Crippen molar-refractivity contribution in [3.63, 3.8) is 0 Å². The number of alkyl halides is 2. The quantitative estimate of drug-likeness (QED) is 0.686. The van der Waals surface area contributed by atoms with E-state index >= 15 is 0 Å². The lowest BCUT2D eigenvalue weighted by Crippen LogP contribution is -2.25. The number of carbonyl (C=O) groups excluding carboxylic acids is 1. The Bertz CT molecular complexity index is 418. The molecule has 0 unspecified atom stereocenters. The number of amides is 1. The Hall–Kier alpha value is -1.34. The highest BCUT2D eigenvalue weighted by atomic mass is 32.2. The number of halogens is 2. The lowest BCUT2D eigenvalue weighted by Gasteiger charge is -2.08. The van der Waals surface area contributed by atoms with E-state index in [-0.39, 0.29) is 23.8 Å². The molecule has 4 nitrogen and oxygen atoms in total. The first-order valence-corrected chi connectivity index (χ1v) is 7.30. The van der Waals surface area contributed by atoms with E-state index in [2.05, 4.69) is 10.1 Å². The number of aliphatic hydroxyl groups excluding tert-OH is 1. The summed E-state index contributed by atoms with van der Waals surface area (Å²) in [4.78, 5) is 11.8. The van der Waals surface area contributed by atoms with Crippen LogP contribution in [-0.4, -0.2) is 42.3 Å². The van der Waals surface area contributed by atoms with Crippen molar-refractivity contribution in [1.29, 1.82) is 0 Å². The third-order valence-electron chi connectivity index (χ3n) is 2.30. The minimum atomic E-state index is -2.91. The summed E-state index contributed by atoms with van der Waals surface area (Å²) in [6.45, 7) is -2.26. The highest BCUT2D eigenvalue weighted by Crippen LogP contribution is 2.15. The van der Waals surface area contributed by atoms with Gasteiger partial charge in [0.15, 0.2) is 0 Å². The summed E-state index contributed by atoms with van der Waals surface area (Å²) in [7, 11) is 0. The molecule has 0 aliphatic carbocycles. The third kappa shape index (κ3) is 6.72. The van der Waals surface area contributed by atoms with Crippen LogP contribution >= 0.6 is 11.8 Å². The second-order valence-corrected chi connectivity index (χ2v) is 5.08. The van der Waals surface area contributed by atoms with Gasteiger partial charge in [-0.3, -0.25) is 4.79 Å². The van der Waals surface area contributed by atoms with Crippen LogP contribution in [0.2, 0.25) is 0 Å². The van der Waals surface area contributed by atoms with Gasteiger partial charge in [0.2, 0.25) is 0 Å². The van der Waals surface area contributed by atoms with Gasteiger partial charge in [-0.05, 0) is 30.4 Å². The summed E-state index contributed by atoms with van der Waals surface area (Å²) in [5.74, 6) is 1.21. The first kappa shape index (κ1) is 16.7. The molecule has 2 N–H and O–H groups in total. The van der Waals surface area contributed by atoms with Crippen molar-refractivity contribution in [2.24, 2.45) is 0 Å². The number of ether oxygens (including phenoxy) is 1. The topological polar surface area (TPSA) is 58.6 Å². The molecule has 0 saturated heterocycles. The van der Waals surface area contributed by atoms with Crippen LogP contribution in [0.5, 0.6) is 5.75 Å². The molecule has 0 saturated carbocycles. The van der Waals surface area contributed by atoms with E-state index in [1.165, 1.54) is 24.3 Å². The second-order valence-electron chi connectivity index (χ2n) is 3.85. The number of hydrogen-bond acceptors (Lipinski definition) is 4. The van der Waals surface area contributed by atoms with Gasteiger partial charge in [-0.25, -0.2) is 0 Å². The van der Waals surface area contributed by atoms with E-state index in [4.69, 9.17) is 5.11 Å². The number of benzene rings is 1. The number of thioether (sulfide) groups is 1. The molecule has 1 rings (SSSR count). The normalized spacial score (nSPS) is 10.6. The fourth-order valence-electron chi connectivity index (χ4n) is 1.42. The van der Waals surface area contributed by atoms with Gasteiger partial charge in [0, 0.05) is 24.5 Å². The SMILES string of the molecule is O=C(NCCSCCCO)c1cccc(OC(F)F)c1. The predicted octanol–water partition coefficient (Wildman–Crippen LogP) is 2.13. The van der Waals surface area contributed by atoms with Gasteiger partial charge in [-0.1, -0.05) is 6.07 Å². The minimum Gasteiger partial charge on any atom is -0.435 e. The van der Waals surface area contributed by atoms with Crippen LogP contribution in [0.4, 0.5) is 8.78 Å². The molecular weight excluding hydrogens is 288 g/mol. The molecule has 1 aromatic carbocycles. The van der Waals surface area contributed by atoms with E-state index in [1.54, 1.807) is 11.8 Å². The van der Waals surface area contributed by atoms with Crippen LogP contribution in [0.3, 0.4) is 0 Å². The second kappa shape index (κ2) is 9.55. The molecule has 0 atom stereocenters. The number of hydrogen-bond donors (Lipinski definition) is 2. The Kier molecular flexibility index (Phi) is 7.98. The van der Waals surface area contributed by atoms with Crippen LogP contribution in [0.15, 0.2) is 24.3 Å². The predicted molar refractivity (Wildman–Crippen MR) is 74.4 cm³/mol. The maximum Gasteiger partial charge on any atom is 0.387 e. The van der Waals surface area contributed by atoms with Crippen molar-refractivity contribution in [3.05, 3.63) is 29.8 Å². The van der Waals surface area contributed by atoms with Gasteiger partial charge in [0.05, 0.1) is 0 Å². The van der Waals surface area contributed by atoms with Crippen LogP contribution < -0.4 is 10.1 Å². The summed E-state index contributed by atoms with van der Waals surface area (Å²) < 4.78 is 28.4. The van der Waals surface area contributed by atoms with Crippen LogP contribution in [-0.2, 0) is 0 Å². The molecule has 0 radical (unpaired) electrons. The zero-order valence-corrected chi connectivity index (χ0v) is 11.7. The van der Waals surface area contributed by atoms with Crippen LogP contribution in [0, 0.1) is 0 Å². The summed E-state index contributed by atoms with van der Waals surface area (Å²) in [5, 5.41) is 11.3. The zero-order valence-electron chi connectivity index (χ0n) is 10.9. The summed E-state index contributed by atoms with van der Waals surface area (Å²) in [5.41, 5.74) is 0.281. The number of nitrogens with one attached hydrogen (secondary N) is 1. The fraction of sp³-hybridized carbons (Fsp3) is 0.462. The molecule has 7 heteroatoms. The Morgan fingerprint density at radius 3 is 2.90 bits per heavy atom. The summed E-state index contributed by atoms with van der Waals surface area (Å²) >= 11 is 1.63. The first-order chi connectivity index (χ1) is 9.63. The molecule has 112 valence electrons. The fourth-order valence-corrected chi connectivity index (χ4v) is 2.20. The largest absolute Gasteiger partial charge is 0.435 e. The van der Waals surface area contributed by atoms with Gasteiger partial charge in [-0.15, -0.1) is 0 Å². The van der Waals surface area contributed by atoms with Gasteiger partial charge >= 0.3 is 6.61 Å². The van der Waals surface area contributed by atoms with Gasteiger partial charge in [0.25, 0.3) is 5.91 Å². The lowest BCUT2D eigenvalue weighted by atomic mass is 10.2. The van der Waals surface area contributed by atoms with E-state index < -0.39 is 6.61 Å². The summed E-state index contributed by atoms with van der Waals surface area (Å²) in [6.07, 6.45) is 0.728. The average Bonchev–Trinajstić information content (AvgIpc) is 2.42. The molecule has 1 amide bonds. The van der Waals surface area contributed by atoms with Gasteiger partial charge < -0.3 is 15.2 Å². The third-order valence-corrected chi connectivity index (χ3v) is 3.37. The highest BCUT2D eigenvalue weighted by Gasteiger charge is 2.08. The van der Waals surface area contributed by atoms with Crippen molar-refractivity contribution < 1.29 is 23.4 Å². The van der Waals surface area contributed by atoms with Crippen molar-refractivity contribution >= 4 is 17.7 Å². The number of rotatable bonds is 9. The Morgan fingerprint density at radius 2 is 2.20 bits per heavy atom. The van der Waals surface area contributed by atoms with Crippen LogP contribution in [0.1, 0.15) is 16.8 Å². The highest BCUT2D eigenvalue weighted by molar-refractivity contribution is 7.99. The lowest BCUT2D eigenvalue weighted by molar-refractivity contribution is -0.0498. The molecule has 0 aliphatic heterocycles. The van der Waals surface area contributed by atoms with Crippen LogP contribution in [0.25, 0.3) is 0 Å². The maximum atomic E-state index is 12.1. The Balaban J connectivity index is 2.35. The monoisotopic (exact) mass is 305 g/mol. The van der Waals surface area contributed by atoms with Crippen molar-refractivity contribution in [2.75, 3.05) is 24.7 Å². The van der Waals surface area contributed by atoms with E-state index in [0.717, 1.165) is 17.9 Å². The zero-order chi connectivity index (χ0) is 14.8. The smallest absolute Gasteiger partial charge is 0.387 e. The number of aliphatic hydroxyl groups is 1. The van der Waals surface area contributed by atoms with E-state index in [1.807, 2.05) is 0 Å².